The maximum Gasteiger partial charge on any atom is 0.303 e. The molecule has 1 aromatic rings. The highest BCUT2D eigenvalue weighted by atomic mass is 35.5. The van der Waals surface area contributed by atoms with Crippen molar-refractivity contribution in [3.8, 4) is 0 Å². The summed E-state index contributed by atoms with van der Waals surface area (Å²) in [6, 6.07) is 4.81. The third-order valence-corrected chi connectivity index (χ3v) is 5.08. The van der Waals surface area contributed by atoms with Crippen molar-refractivity contribution in [1.29, 1.82) is 0 Å². The molecule has 1 aromatic carbocycles. The summed E-state index contributed by atoms with van der Waals surface area (Å²) in [7, 11) is 0. The molecule has 1 aliphatic heterocycles. The van der Waals surface area contributed by atoms with Gasteiger partial charge < -0.3 is 14.9 Å². The number of fused-ring (bicyclic) bond motifs is 2. The fourth-order valence-electron chi connectivity index (χ4n) is 3.54. The number of rotatable bonds is 4. The van der Waals surface area contributed by atoms with Crippen LogP contribution in [0.3, 0.4) is 0 Å². The Kier molecular flexibility index (Phi) is 4.67. The molecule has 0 radical (unpaired) electrons. The fraction of sp³-hybridized carbons (Fsp3) is 0.389. The minimum atomic E-state index is -1.13. The van der Waals surface area contributed by atoms with Crippen molar-refractivity contribution in [2.24, 2.45) is 0 Å². The van der Waals surface area contributed by atoms with Gasteiger partial charge in [0, 0.05) is 30.2 Å². The lowest BCUT2D eigenvalue weighted by Crippen LogP contribution is -2.46. The standard InChI is InChI=1S/C18H17ClO6/c19-10-1-2-11-12(9-10)18(5-7-25-8-6-18)17(24)15(16(11)23)13(20)3-4-14(21)22/h1-2,9,23H,3-8H2,(H,21,22). The number of Topliss-reactive ketones (excluding diaryl/α,β-unsaturated/α-hetero) is 2. The van der Waals surface area contributed by atoms with Crippen LogP contribution in [-0.2, 0) is 24.5 Å². The molecule has 0 unspecified atom stereocenters. The summed E-state index contributed by atoms with van der Waals surface area (Å²) in [4.78, 5) is 36.4. The molecule has 0 aromatic heterocycles. The molecule has 1 heterocycles. The van der Waals surface area contributed by atoms with Crippen LogP contribution in [0.1, 0.15) is 36.8 Å². The van der Waals surface area contributed by atoms with Crippen molar-refractivity contribution in [2.75, 3.05) is 13.2 Å². The number of hydrogen-bond donors (Lipinski definition) is 2. The summed E-state index contributed by atoms with van der Waals surface area (Å²) in [5.41, 5.74) is -0.290. The fourth-order valence-corrected chi connectivity index (χ4v) is 3.72. The van der Waals surface area contributed by atoms with Gasteiger partial charge >= 0.3 is 5.97 Å². The lowest BCUT2D eigenvalue weighted by Gasteiger charge is -2.40. The Balaban J connectivity index is 2.14. The molecule has 1 saturated heterocycles. The van der Waals surface area contributed by atoms with Crippen molar-refractivity contribution >= 4 is 34.9 Å². The summed E-state index contributed by atoms with van der Waals surface area (Å²) in [5, 5.41) is 19.8. The van der Waals surface area contributed by atoms with E-state index in [1.54, 1.807) is 18.2 Å². The molecule has 6 nitrogen and oxygen atoms in total. The number of ketones is 2. The van der Waals surface area contributed by atoms with Crippen molar-refractivity contribution < 1.29 is 29.3 Å². The van der Waals surface area contributed by atoms with Gasteiger partial charge in [0.05, 0.1) is 11.8 Å². The van der Waals surface area contributed by atoms with E-state index >= 15 is 0 Å². The molecule has 0 atom stereocenters. The number of halogens is 1. The van der Waals surface area contributed by atoms with Crippen LogP contribution in [0.15, 0.2) is 23.8 Å². The zero-order valence-electron chi connectivity index (χ0n) is 13.4. The number of aliphatic carboxylic acids is 1. The Bertz CT molecular complexity index is 789. The van der Waals surface area contributed by atoms with Gasteiger partial charge in [-0.15, -0.1) is 0 Å². The lowest BCUT2D eigenvalue weighted by atomic mass is 9.63. The Morgan fingerprint density at radius 1 is 1.20 bits per heavy atom. The number of hydrogen-bond acceptors (Lipinski definition) is 5. The van der Waals surface area contributed by atoms with Crippen LogP contribution in [0.5, 0.6) is 0 Å². The molecule has 1 aliphatic carbocycles. The van der Waals surface area contributed by atoms with Crippen LogP contribution in [0.4, 0.5) is 0 Å². The highest BCUT2D eigenvalue weighted by Gasteiger charge is 2.49. The SMILES string of the molecule is O=C(O)CCC(=O)C1=C(O)c2ccc(Cl)cc2C2(CCOCC2)C1=O. The highest BCUT2D eigenvalue weighted by molar-refractivity contribution is 6.32. The van der Waals surface area contributed by atoms with Crippen LogP contribution in [-0.4, -0.2) is 41.0 Å². The molecule has 2 N–H and O–H groups in total. The van der Waals surface area contributed by atoms with Gasteiger partial charge in [-0.1, -0.05) is 11.6 Å². The quantitative estimate of drug-likeness (QED) is 0.796. The second kappa shape index (κ2) is 6.61. The van der Waals surface area contributed by atoms with Crippen LogP contribution >= 0.6 is 11.6 Å². The number of carboxylic acid groups (broad SMARTS) is 1. The van der Waals surface area contributed by atoms with E-state index in [9.17, 15) is 19.5 Å². The van der Waals surface area contributed by atoms with Crippen LogP contribution in [0.2, 0.25) is 5.02 Å². The third-order valence-electron chi connectivity index (χ3n) is 4.84. The molecule has 25 heavy (non-hydrogen) atoms. The van der Waals surface area contributed by atoms with E-state index in [0.29, 0.717) is 42.2 Å². The van der Waals surface area contributed by atoms with E-state index < -0.39 is 35.1 Å². The molecule has 2 aliphatic rings. The highest BCUT2D eigenvalue weighted by Crippen LogP contribution is 2.46. The summed E-state index contributed by atoms with van der Waals surface area (Å²) in [6.07, 6.45) is 0.0206. The van der Waals surface area contributed by atoms with Gasteiger partial charge in [0.2, 0.25) is 0 Å². The van der Waals surface area contributed by atoms with Gasteiger partial charge in [-0.2, -0.15) is 0 Å². The van der Waals surface area contributed by atoms with E-state index in [1.807, 2.05) is 0 Å². The average molecular weight is 365 g/mol. The number of carbonyl (C=O) groups excluding carboxylic acids is 2. The van der Waals surface area contributed by atoms with E-state index in [-0.39, 0.29) is 12.0 Å². The van der Waals surface area contributed by atoms with Crippen molar-refractivity contribution in [3.63, 3.8) is 0 Å². The molecule has 3 rings (SSSR count). The van der Waals surface area contributed by atoms with Crippen molar-refractivity contribution in [2.45, 2.75) is 31.1 Å². The van der Waals surface area contributed by atoms with Crippen molar-refractivity contribution in [1.82, 2.24) is 0 Å². The molecule has 1 fully saturated rings. The number of carboxylic acids is 1. The van der Waals surface area contributed by atoms with Crippen LogP contribution in [0, 0.1) is 0 Å². The largest absolute Gasteiger partial charge is 0.506 e. The van der Waals surface area contributed by atoms with Gasteiger partial charge in [0.25, 0.3) is 0 Å². The molecule has 7 heteroatoms. The number of aliphatic hydroxyl groups is 1. The average Bonchev–Trinajstić information content (AvgIpc) is 2.59. The zero-order valence-corrected chi connectivity index (χ0v) is 14.1. The second-order valence-electron chi connectivity index (χ2n) is 6.25. The second-order valence-corrected chi connectivity index (χ2v) is 6.69. The monoisotopic (exact) mass is 364 g/mol. The number of ether oxygens (including phenoxy) is 1. The Labute approximate surface area is 149 Å². The first-order chi connectivity index (χ1) is 11.9. The maximum atomic E-state index is 13.2. The summed E-state index contributed by atoms with van der Waals surface area (Å²) in [6.45, 7) is 0.712. The zero-order chi connectivity index (χ0) is 18.2. The minimum absolute atomic E-state index is 0.307. The van der Waals surface area contributed by atoms with Gasteiger partial charge in [-0.25, -0.2) is 0 Å². The molecule has 0 bridgehead atoms. The number of carbonyl (C=O) groups is 3. The Hall–Kier alpha value is -2.18. The van der Waals surface area contributed by atoms with E-state index in [1.165, 1.54) is 0 Å². The minimum Gasteiger partial charge on any atom is -0.506 e. The number of benzene rings is 1. The number of aliphatic hydroxyl groups excluding tert-OH is 1. The molecule has 0 saturated carbocycles. The van der Waals surface area contributed by atoms with Gasteiger partial charge in [0.15, 0.2) is 11.6 Å². The number of allylic oxidation sites excluding steroid dienone is 1. The summed E-state index contributed by atoms with van der Waals surface area (Å²) in [5.74, 6) is -2.66. The third kappa shape index (κ3) is 2.96. The molecule has 1 spiro atoms. The van der Waals surface area contributed by atoms with Gasteiger partial charge in [0.1, 0.15) is 11.3 Å². The van der Waals surface area contributed by atoms with Crippen LogP contribution in [0.25, 0.3) is 5.76 Å². The van der Waals surface area contributed by atoms with E-state index in [4.69, 9.17) is 21.4 Å². The smallest absolute Gasteiger partial charge is 0.303 e. The van der Waals surface area contributed by atoms with E-state index in [2.05, 4.69) is 0 Å². The molecule has 0 amide bonds. The van der Waals surface area contributed by atoms with Gasteiger partial charge in [-0.3, -0.25) is 14.4 Å². The van der Waals surface area contributed by atoms with Crippen molar-refractivity contribution in [3.05, 3.63) is 39.9 Å². The maximum absolute atomic E-state index is 13.2. The normalized spacial score (nSPS) is 19.0. The summed E-state index contributed by atoms with van der Waals surface area (Å²) < 4.78 is 5.37. The summed E-state index contributed by atoms with van der Waals surface area (Å²) >= 11 is 6.09. The first-order valence-corrected chi connectivity index (χ1v) is 8.36. The Morgan fingerprint density at radius 2 is 1.88 bits per heavy atom. The van der Waals surface area contributed by atoms with Gasteiger partial charge in [-0.05, 0) is 36.6 Å². The molecular formula is C18H17ClO6. The van der Waals surface area contributed by atoms with Crippen LogP contribution < -0.4 is 0 Å². The predicted molar refractivity (Wildman–Crippen MR) is 89.6 cm³/mol. The predicted octanol–water partition coefficient (Wildman–Crippen LogP) is 2.67. The molecule has 132 valence electrons. The first kappa shape index (κ1) is 17.6. The Morgan fingerprint density at radius 3 is 2.52 bits per heavy atom. The lowest BCUT2D eigenvalue weighted by molar-refractivity contribution is -0.138. The van der Waals surface area contributed by atoms with E-state index in [0.717, 1.165) is 0 Å². The topological polar surface area (TPSA) is 101 Å². The first-order valence-electron chi connectivity index (χ1n) is 7.98. The molecular weight excluding hydrogens is 348 g/mol.